The minimum absolute atomic E-state index is 0.119. The largest absolute Gasteiger partial charge is 0.452 e. The van der Waals surface area contributed by atoms with E-state index in [0.717, 1.165) is 48.7 Å². The molecule has 0 radical (unpaired) electrons. The molecule has 2 aliphatic rings. The van der Waals surface area contributed by atoms with Gasteiger partial charge in [0.05, 0.1) is 17.3 Å². The minimum atomic E-state index is -0.488. The summed E-state index contributed by atoms with van der Waals surface area (Å²) < 4.78 is 5.27. The van der Waals surface area contributed by atoms with Gasteiger partial charge in [0.1, 0.15) is 0 Å². The number of aromatic amines is 1. The van der Waals surface area contributed by atoms with Crippen molar-refractivity contribution in [1.82, 2.24) is 15.1 Å². The van der Waals surface area contributed by atoms with E-state index in [-0.39, 0.29) is 18.6 Å². The maximum absolute atomic E-state index is 12.6. The quantitative estimate of drug-likeness (QED) is 0.849. The molecule has 1 fully saturated rings. The predicted octanol–water partition coefficient (Wildman–Crippen LogP) is 3.17. The molecule has 6 heteroatoms. The number of nitrogens with one attached hydrogen (secondary N) is 1. The molecule has 1 amide bonds. The molecule has 1 N–H and O–H groups in total. The van der Waals surface area contributed by atoms with Gasteiger partial charge >= 0.3 is 5.97 Å². The molecule has 0 unspecified atom stereocenters. The van der Waals surface area contributed by atoms with Crippen LogP contribution in [-0.2, 0) is 9.53 Å². The molecule has 1 saturated carbocycles. The van der Waals surface area contributed by atoms with Gasteiger partial charge in [0.15, 0.2) is 6.61 Å². The van der Waals surface area contributed by atoms with Crippen LogP contribution < -0.4 is 0 Å². The molecular formula is C19H21N3O3. The highest BCUT2D eigenvalue weighted by molar-refractivity contribution is 5.95. The molecule has 2 aliphatic carbocycles. The summed E-state index contributed by atoms with van der Waals surface area (Å²) in [4.78, 5) is 26.7. The van der Waals surface area contributed by atoms with Crippen LogP contribution >= 0.6 is 0 Å². The number of allylic oxidation sites excluding steroid dienone is 2. The van der Waals surface area contributed by atoms with Crippen LogP contribution in [0, 0.1) is 0 Å². The van der Waals surface area contributed by atoms with Gasteiger partial charge in [-0.2, -0.15) is 5.10 Å². The zero-order valence-corrected chi connectivity index (χ0v) is 14.0. The summed E-state index contributed by atoms with van der Waals surface area (Å²) >= 11 is 0. The fourth-order valence-electron chi connectivity index (χ4n) is 3.32. The van der Waals surface area contributed by atoms with Crippen LogP contribution in [0.5, 0.6) is 0 Å². The third-order valence-electron chi connectivity index (χ3n) is 4.76. The number of carbonyl (C=O) groups is 2. The van der Waals surface area contributed by atoms with E-state index in [1.54, 1.807) is 24.4 Å². The average Bonchev–Trinajstić information content (AvgIpc) is 3.35. The molecule has 0 saturated heterocycles. The van der Waals surface area contributed by atoms with E-state index >= 15 is 0 Å². The summed E-state index contributed by atoms with van der Waals surface area (Å²) in [5, 5.41) is 7.68. The van der Waals surface area contributed by atoms with E-state index in [2.05, 4.69) is 16.3 Å². The summed E-state index contributed by atoms with van der Waals surface area (Å²) in [5.41, 5.74) is 2.29. The Morgan fingerprint density at radius 3 is 2.92 bits per heavy atom. The van der Waals surface area contributed by atoms with Crippen molar-refractivity contribution in [2.75, 3.05) is 6.61 Å². The second-order valence-corrected chi connectivity index (χ2v) is 6.68. The third-order valence-corrected chi connectivity index (χ3v) is 4.76. The van der Waals surface area contributed by atoms with Gasteiger partial charge in [-0.3, -0.25) is 9.89 Å². The van der Waals surface area contributed by atoms with Crippen LogP contribution in [0.25, 0.3) is 10.9 Å². The van der Waals surface area contributed by atoms with Crippen molar-refractivity contribution in [3.63, 3.8) is 0 Å². The maximum Gasteiger partial charge on any atom is 0.338 e. The Hall–Kier alpha value is -2.63. The lowest BCUT2D eigenvalue weighted by molar-refractivity contribution is -0.133. The van der Waals surface area contributed by atoms with Crippen LogP contribution in [0.15, 0.2) is 36.2 Å². The number of aromatic nitrogens is 2. The summed E-state index contributed by atoms with van der Waals surface area (Å²) in [6.45, 7) is -0.215. The number of ether oxygens (including phenoxy) is 1. The summed E-state index contributed by atoms with van der Waals surface area (Å²) in [6, 6.07) is 5.47. The van der Waals surface area contributed by atoms with Gasteiger partial charge in [-0.1, -0.05) is 12.1 Å². The lowest BCUT2D eigenvalue weighted by Gasteiger charge is -2.27. The second-order valence-electron chi connectivity index (χ2n) is 6.68. The fourth-order valence-corrected chi connectivity index (χ4v) is 3.32. The Kier molecular flexibility index (Phi) is 4.26. The standard InChI is InChI=1S/C19H21N3O3/c23-18(22(16-8-9-16)15-4-2-1-3-5-15)12-25-19(24)13-6-7-14-11-20-21-17(14)10-13/h4,6-7,10-11,16H,1-3,5,8-9,12H2,(H,20,21). The lowest BCUT2D eigenvalue weighted by atomic mass is 10.0. The van der Waals surface area contributed by atoms with Crippen molar-refractivity contribution in [1.29, 1.82) is 0 Å². The summed E-state index contributed by atoms with van der Waals surface area (Å²) in [5.74, 6) is -0.607. The first-order chi connectivity index (χ1) is 12.2. The number of nitrogens with zero attached hydrogens (tertiary/aromatic N) is 2. The Morgan fingerprint density at radius 2 is 2.16 bits per heavy atom. The Balaban J connectivity index is 1.41. The highest BCUT2D eigenvalue weighted by Gasteiger charge is 2.35. The number of hydrogen-bond acceptors (Lipinski definition) is 4. The molecule has 25 heavy (non-hydrogen) atoms. The van der Waals surface area contributed by atoms with Gasteiger partial charge < -0.3 is 9.64 Å². The summed E-state index contributed by atoms with van der Waals surface area (Å²) in [6.07, 6.45) is 10.2. The first-order valence-corrected chi connectivity index (χ1v) is 8.84. The smallest absolute Gasteiger partial charge is 0.338 e. The van der Waals surface area contributed by atoms with Gasteiger partial charge in [-0.25, -0.2) is 4.79 Å². The predicted molar refractivity (Wildman–Crippen MR) is 92.8 cm³/mol. The first-order valence-electron chi connectivity index (χ1n) is 8.84. The Labute approximate surface area is 145 Å². The zero-order chi connectivity index (χ0) is 17.2. The van der Waals surface area contributed by atoms with Crippen molar-refractivity contribution in [3.8, 4) is 0 Å². The highest BCUT2D eigenvalue weighted by Crippen LogP contribution is 2.33. The molecule has 0 bridgehead atoms. The Morgan fingerprint density at radius 1 is 1.28 bits per heavy atom. The number of rotatable bonds is 5. The van der Waals surface area contributed by atoms with Crippen LogP contribution in [0.2, 0.25) is 0 Å². The molecule has 1 heterocycles. The van der Waals surface area contributed by atoms with Crippen LogP contribution in [0.1, 0.15) is 48.9 Å². The van der Waals surface area contributed by atoms with Crippen molar-refractivity contribution >= 4 is 22.8 Å². The highest BCUT2D eigenvalue weighted by atomic mass is 16.5. The van der Waals surface area contributed by atoms with E-state index in [0.29, 0.717) is 5.56 Å². The van der Waals surface area contributed by atoms with E-state index in [1.165, 1.54) is 6.42 Å². The van der Waals surface area contributed by atoms with Crippen molar-refractivity contribution < 1.29 is 14.3 Å². The SMILES string of the molecule is O=C(OCC(=O)N(C1=CCCCC1)C1CC1)c1ccc2cn[nH]c2c1. The number of H-pyrrole nitrogens is 1. The van der Waals surface area contributed by atoms with Crippen LogP contribution in [0.3, 0.4) is 0 Å². The average molecular weight is 339 g/mol. The molecule has 4 rings (SSSR count). The number of hydrogen-bond donors (Lipinski definition) is 1. The minimum Gasteiger partial charge on any atom is -0.452 e. The number of amides is 1. The zero-order valence-electron chi connectivity index (χ0n) is 14.0. The molecular weight excluding hydrogens is 318 g/mol. The molecule has 0 aliphatic heterocycles. The molecule has 130 valence electrons. The molecule has 2 aromatic rings. The van der Waals surface area contributed by atoms with E-state index in [4.69, 9.17) is 4.74 Å². The fraction of sp³-hybridized carbons (Fsp3) is 0.421. The topological polar surface area (TPSA) is 75.3 Å². The number of carbonyl (C=O) groups excluding carboxylic acids is 2. The monoisotopic (exact) mass is 339 g/mol. The number of esters is 1. The van der Waals surface area contributed by atoms with Crippen LogP contribution in [0.4, 0.5) is 0 Å². The van der Waals surface area contributed by atoms with Crippen molar-refractivity contribution in [2.24, 2.45) is 0 Å². The molecule has 1 aromatic carbocycles. The number of benzene rings is 1. The molecule has 0 atom stereocenters. The first kappa shape index (κ1) is 15.9. The van der Waals surface area contributed by atoms with Crippen molar-refractivity contribution in [3.05, 3.63) is 41.7 Å². The van der Waals surface area contributed by atoms with E-state index in [1.807, 2.05) is 4.90 Å². The van der Waals surface area contributed by atoms with E-state index < -0.39 is 5.97 Å². The molecule has 6 nitrogen and oxygen atoms in total. The summed E-state index contributed by atoms with van der Waals surface area (Å²) in [7, 11) is 0. The van der Waals surface area contributed by atoms with Gasteiger partial charge in [0, 0.05) is 17.1 Å². The van der Waals surface area contributed by atoms with Gasteiger partial charge in [-0.15, -0.1) is 0 Å². The Bertz CT molecular complexity index is 835. The lowest BCUT2D eigenvalue weighted by Crippen LogP contribution is -2.36. The van der Waals surface area contributed by atoms with Crippen molar-refractivity contribution in [2.45, 2.75) is 44.6 Å². The second kappa shape index (κ2) is 6.70. The van der Waals surface area contributed by atoms with E-state index in [9.17, 15) is 9.59 Å². The normalized spacial score (nSPS) is 17.2. The van der Waals surface area contributed by atoms with Crippen LogP contribution in [-0.4, -0.2) is 39.6 Å². The van der Waals surface area contributed by atoms with Gasteiger partial charge in [-0.05, 0) is 50.7 Å². The van der Waals surface area contributed by atoms with Gasteiger partial charge in [0.2, 0.25) is 0 Å². The molecule has 0 spiro atoms. The molecule has 1 aromatic heterocycles. The number of fused-ring (bicyclic) bond motifs is 1. The maximum atomic E-state index is 12.6. The van der Waals surface area contributed by atoms with Gasteiger partial charge in [0.25, 0.3) is 5.91 Å². The third kappa shape index (κ3) is 3.43.